The van der Waals surface area contributed by atoms with Crippen LogP contribution in [0.25, 0.3) is 11.3 Å². The van der Waals surface area contributed by atoms with Crippen LogP contribution >= 0.6 is 11.3 Å². The number of rotatable bonds is 3. The lowest BCUT2D eigenvalue weighted by Gasteiger charge is -2.07. The van der Waals surface area contributed by atoms with E-state index < -0.39 is 0 Å². The lowest BCUT2D eigenvalue weighted by Crippen LogP contribution is -2.11. The van der Waals surface area contributed by atoms with Crippen molar-refractivity contribution in [3.05, 3.63) is 70.0 Å². The first-order valence-corrected chi connectivity index (χ1v) is 7.90. The van der Waals surface area contributed by atoms with Crippen LogP contribution in [0.3, 0.4) is 0 Å². The minimum atomic E-state index is -0.105. The number of hydrogen-bond donors (Lipinski definition) is 1. The van der Waals surface area contributed by atoms with Crippen LogP contribution in [0.2, 0.25) is 0 Å². The second-order valence-corrected chi connectivity index (χ2v) is 6.21. The van der Waals surface area contributed by atoms with Crippen LogP contribution in [0.15, 0.2) is 53.9 Å². The minimum Gasteiger partial charge on any atom is -0.322 e. The highest BCUT2D eigenvalue weighted by molar-refractivity contribution is 7.09. The Kier molecular flexibility index (Phi) is 4.02. The summed E-state index contributed by atoms with van der Waals surface area (Å²) in [7, 11) is 0. The summed E-state index contributed by atoms with van der Waals surface area (Å²) in [6, 6.07) is 15.3. The Morgan fingerprint density at radius 3 is 2.55 bits per heavy atom. The molecule has 1 aromatic heterocycles. The highest BCUT2D eigenvalue weighted by atomic mass is 32.1. The molecule has 0 atom stereocenters. The third-order valence-corrected chi connectivity index (χ3v) is 4.12. The molecule has 1 heterocycles. The van der Waals surface area contributed by atoms with Gasteiger partial charge in [-0.15, -0.1) is 11.3 Å². The van der Waals surface area contributed by atoms with Crippen molar-refractivity contribution < 1.29 is 4.79 Å². The molecule has 1 N–H and O–H groups in total. The van der Waals surface area contributed by atoms with Gasteiger partial charge in [0, 0.05) is 22.2 Å². The SMILES string of the molecule is Cc1ccc(C(=O)Nc2cccc(-c3csc(C)n3)c2)cc1. The third kappa shape index (κ3) is 3.23. The maximum atomic E-state index is 12.3. The monoisotopic (exact) mass is 308 g/mol. The van der Waals surface area contributed by atoms with Gasteiger partial charge in [0.25, 0.3) is 5.91 Å². The van der Waals surface area contributed by atoms with E-state index in [0.717, 1.165) is 27.5 Å². The lowest BCUT2D eigenvalue weighted by molar-refractivity contribution is 0.102. The second kappa shape index (κ2) is 6.12. The molecule has 3 aromatic rings. The molecule has 0 aliphatic rings. The van der Waals surface area contributed by atoms with Crippen LogP contribution < -0.4 is 5.32 Å². The standard InChI is InChI=1S/C18H16N2OS/c1-12-6-8-14(9-7-12)18(21)20-16-5-3-4-15(10-16)17-11-22-13(2)19-17/h3-11H,1-2H3,(H,20,21). The van der Waals surface area contributed by atoms with E-state index in [1.54, 1.807) is 11.3 Å². The number of amides is 1. The fraction of sp³-hybridized carbons (Fsp3) is 0.111. The van der Waals surface area contributed by atoms with Gasteiger partial charge in [0.15, 0.2) is 0 Å². The molecule has 0 unspecified atom stereocenters. The molecule has 0 saturated carbocycles. The third-order valence-electron chi connectivity index (χ3n) is 3.35. The quantitative estimate of drug-likeness (QED) is 0.763. The Morgan fingerprint density at radius 1 is 1.09 bits per heavy atom. The average molecular weight is 308 g/mol. The fourth-order valence-corrected chi connectivity index (χ4v) is 2.78. The Morgan fingerprint density at radius 2 is 1.86 bits per heavy atom. The predicted octanol–water partition coefficient (Wildman–Crippen LogP) is 4.68. The number of aryl methyl sites for hydroxylation is 2. The largest absolute Gasteiger partial charge is 0.322 e. The first-order chi connectivity index (χ1) is 10.6. The molecule has 0 fully saturated rings. The smallest absolute Gasteiger partial charge is 0.255 e. The van der Waals surface area contributed by atoms with Gasteiger partial charge in [0.05, 0.1) is 10.7 Å². The van der Waals surface area contributed by atoms with Crippen molar-refractivity contribution in [3.8, 4) is 11.3 Å². The number of carbonyl (C=O) groups is 1. The van der Waals surface area contributed by atoms with Gasteiger partial charge in [-0.2, -0.15) is 0 Å². The van der Waals surface area contributed by atoms with Crippen molar-refractivity contribution in [1.29, 1.82) is 0 Å². The molecule has 3 nitrogen and oxygen atoms in total. The number of aromatic nitrogens is 1. The molecule has 0 spiro atoms. The lowest BCUT2D eigenvalue weighted by atomic mass is 10.1. The summed E-state index contributed by atoms with van der Waals surface area (Å²) in [5.41, 5.74) is 4.51. The van der Waals surface area contributed by atoms with E-state index in [9.17, 15) is 4.79 Å². The average Bonchev–Trinajstić information content (AvgIpc) is 2.95. The summed E-state index contributed by atoms with van der Waals surface area (Å²) in [5.74, 6) is -0.105. The molecular formula is C18H16N2OS. The number of nitrogens with zero attached hydrogens (tertiary/aromatic N) is 1. The number of anilines is 1. The number of benzene rings is 2. The summed E-state index contributed by atoms with van der Waals surface area (Å²) in [4.78, 5) is 16.7. The number of thiazole rings is 1. The van der Waals surface area contributed by atoms with Gasteiger partial charge in [-0.05, 0) is 38.1 Å². The van der Waals surface area contributed by atoms with Gasteiger partial charge < -0.3 is 5.32 Å². The number of nitrogens with one attached hydrogen (secondary N) is 1. The molecule has 110 valence electrons. The van der Waals surface area contributed by atoms with Gasteiger partial charge in [-0.1, -0.05) is 29.8 Å². The van der Waals surface area contributed by atoms with E-state index >= 15 is 0 Å². The maximum Gasteiger partial charge on any atom is 0.255 e. The van der Waals surface area contributed by atoms with Crippen LogP contribution in [0.1, 0.15) is 20.9 Å². The normalized spacial score (nSPS) is 10.5. The zero-order valence-electron chi connectivity index (χ0n) is 12.5. The molecule has 3 rings (SSSR count). The van der Waals surface area contributed by atoms with Gasteiger partial charge in [-0.25, -0.2) is 4.98 Å². The summed E-state index contributed by atoms with van der Waals surface area (Å²) in [5, 5.41) is 5.99. The van der Waals surface area contributed by atoms with Gasteiger partial charge in [0.2, 0.25) is 0 Å². The number of carbonyl (C=O) groups excluding carboxylic acids is 1. The van der Waals surface area contributed by atoms with E-state index in [4.69, 9.17) is 0 Å². The zero-order valence-corrected chi connectivity index (χ0v) is 13.3. The Balaban J connectivity index is 1.81. The Labute approximate surface area is 133 Å². The van der Waals surface area contributed by atoms with Crippen LogP contribution in [0.4, 0.5) is 5.69 Å². The van der Waals surface area contributed by atoms with E-state index in [-0.39, 0.29) is 5.91 Å². The number of hydrogen-bond acceptors (Lipinski definition) is 3. The Hall–Kier alpha value is -2.46. The van der Waals surface area contributed by atoms with Crippen molar-refractivity contribution in [3.63, 3.8) is 0 Å². The minimum absolute atomic E-state index is 0.105. The molecular weight excluding hydrogens is 292 g/mol. The fourth-order valence-electron chi connectivity index (χ4n) is 2.16. The second-order valence-electron chi connectivity index (χ2n) is 5.15. The van der Waals surface area contributed by atoms with Crippen LogP contribution in [0.5, 0.6) is 0 Å². The summed E-state index contributed by atoms with van der Waals surface area (Å²) >= 11 is 1.62. The van der Waals surface area contributed by atoms with E-state index in [0.29, 0.717) is 5.56 Å². The van der Waals surface area contributed by atoms with Gasteiger partial charge >= 0.3 is 0 Å². The summed E-state index contributed by atoms with van der Waals surface area (Å²) in [6.45, 7) is 3.98. The molecule has 0 saturated heterocycles. The molecule has 0 radical (unpaired) electrons. The van der Waals surface area contributed by atoms with Gasteiger partial charge in [0.1, 0.15) is 0 Å². The van der Waals surface area contributed by atoms with Crippen molar-refractivity contribution in [2.24, 2.45) is 0 Å². The summed E-state index contributed by atoms with van der Waals surface area (Å²) < 4.78 is 0. The zero-order chi connectivity index (χ0) is 15.5. The molecule has 0 aliphatic carbocycles. The highest BCUT2D eigenvalue weighted by Gasteiger charge is 2.07. The first kappa shape index (κ1) is 14.5. The van der Waals surface area contributed by atoms with Gasteiger partial charge in [-0.3, -0.25) is 4.79 Å². The first-order valence-electron chi connectivity index (χ1n) is 7.02. The van der Waals surface area contributed by atoms with E-state index in [1.807, 2.05) is 67.8 Å². The maximum absolute atomic E-state index is 12.3. The predicted molar refractivity (Wildman–Crippen MR) is 91.4 cm³/mol. The molecule has 2 aromatic carbocycles. The van der Waals surface area contributed by atoms with Crippen LogP contribution in [-0.2, 0) is 0 Å². The van der Waals surface area contributed by atoms with Crippen molar-refractivity contribution in [2.45, 2.75) is 13.8 Å². The van der Waals surface area contributed by atoms with E-state index in [1.165, 1.54) is 0 Å². The Bertz CT molecular complexity index is 806. The van der Waals surface area contributed by atoms with Crippen LogP contribution in [0, 0.1) is 13.8 Å². The van der Waals surface area contributed by atoms with Crippen LogP contribution in [-0.4, -0.2) is 10.9 Å². The topological polar surface area (TPSA) is 42.0 Å². The van der Waals surface area contributed by atoms with Crippen molar-refractivity contribution in [2.75, 3.05) is 5.32 Å². The highest BCUT2D eigenvalue weighted by Crippen LogP contribution is 2.24. The molecule has 0 bridgehead atoms. The van der Waals surface area contributed by atoms with Crippen molar-refractivity contribution in [1.82, 2.24) is 4.98 Å². The molecule has 1 amide bonds. The molecule has 4 heteroatoms. The molecule has 22 heavy (non-hydrogen) atoms. The molecule has 0 aliphatic heterocycles. The van der Waals surface area contributed by atoms with Crippen molar-refractivity contribution >= 4 is 22.9 Å². The summed E-state index contributed by atoms with van der Waals surface area (Å²) in [6.07, 6.45) is 0. The van der Waals surface area contributed by atoms with E-state index in [2.05, 4.69) is 10.3 Å².